The first-order chi connectivity index (χ1) is 12.1. The van der Waals surface area contributed by atoms with Crippen LogP contribution in [0.2, 0.25) is 0 Å². The quantitative estimate of drug-likeness (QED) is 0.681. The maximum atomic E-state index is 13.2. The van der Waals surface area contributed by atoms with E-state index in [0.717, 1.165) is 5.69 Å². The van der Waals surface area contributed by atoms with Crippen LogP contribution in [0.3, 0.4) is 0 Å². The number of benzene rings is 2. The van der Waals surface area contributed by atoms with Crippen LogP contribution in [-0.4, -0.2) is 21.9 Å². The molecule has 3 aromatic rings. The Morgan fingerprint density at radius 3 is 2.52 bits per heavy atom. The highest BCUT2D eigenvalue weighted by Crippen LogP contribution is 2.25. The summed E-state index contributed by atoms with van der Waals surface area (Å²) in [7, 11) is 0. The SMILES string of the molecule is C[C@H](C#N)OC(=O)c1cn(-c2ccccc2)nc1-c1ccc(F)cc1. The number of hydrogen-bond acceptors (Lipinski definition) is 4. The van der Waals surface area contributed by atoms with Crippen LogP contribution in [0.15, 0.2) is 60.8 Å². The molecule has 2 aromatic carbocycles. The highest BCUT2D eigenvalue weighted by molar-refractivity contribution is 5.96. The summed E-state index contributed by atoms with van der Waals surface area (Å²) in [5, 5.41) is 13.3. The molecule has 25 heavy (non-hydrogen) atoms. The molecular weight excluding hydrogens is 321 g/mol. The summed E-state index contributed by atoms with van der Waals surface area (Å²) in [6.45, 7) is 1.48. The number of para-hydroxylation sites is 1. The second kappa shape index (κ2) is 6.97. The van der Waals surface area contributed by atoms with E-state index in [0.29, 0.717) is 11.3 Å². The minimum Gasteiger partial charge on any atom is -0.444 e. The first-order valence-corrected chi connectivity index (χ1v) is 7.60. The van der Waals surface area contributed by atoms with Crippen molar-refractivity contribution in [3.05, 3.63) is 72.2 Å². The van der Waals surface area contributed by atoms with Crippen molar-refractivity contribution in [1.82, 2.24) is 9.78 Å². The van der Waals surface area contributed by atoms with E-state index in [9.17, 15) is 9.18 Å². The lowest BCUT2D eigenvalue weighted by Crippen LogP contribution is -2.13. The molecule has 124 valence electrons. The van der Waals surface area contributed by atoms with Gasteiger partial charge >= 0.3 is 5.97 Å². The normalized spacial score (nSPS) is 11.6. The molecule has 0 aliphatic rings. The monoisotopic (exact) mass is 335 g/mol. The largest absolute Gasteiger partial charge is 0.444 e. The van der Waals surface area contributed by atoms with Gasteiger partial charge in [0.2, 0.25) is 0 Å². The summed E-state index contributed by atoms with van der Waals surface area (Å²) in [5.74, 6) is -1.04. The molecule has 0 spiro atoms. The molecule has 0 saturated heterocycles. The first-order valence-electron chi connectivity index (χ1n) is 7.60. The lowest BCUT2D eigenvalue weighted by Gasteiger charge is -2.05. The Morgan fingerprint density at radius 1 is 1.20 bits per heavy atom. The van der Waals surface area contributed by atoms with E-state index in [1.165, 1.54) is 31.2 Å². The average Bonchev–Trinajstić information content (AvgIpc) is 3.08. The van der Waals surface area contributed by atoms with Crippen LogP contribution in [0.4, 0.5) is 4.39 Å². The van der Waals surface area contributed by atoms with E-state index in [1.54, 1.807) is 10.9 Å². The zero-order valence-corrected chi connectivity index (χ0v) is 13.4. The molecule has 1 heterocycles. The second-order valence-corrected chi connectivity index (χ2v) is 5.36. The Kier molecular flexibility index (Phi) is 4.57. The van der Waals surface area contributed by atoms with Crippen molar-refractivity contribution in [3.8, 4) is 23.0 Å². The molecule has 6 heteroatoms. The molecule has 0 N–H and O–H groups in total. The minimum atomic E-state index is -0.881. The van der Waals surface area contributed by atoms with Gasteiger partial charge in [-0.05, 0) is 43.3 Å². The topological polar surface area (TPSA) is 67.9 Å². The van der Waals surface area contributed by atoms with Crippen LogP contribution in [0.5, 0.6) is 0 Å². The van der Waals surface area contributed by atoms with Crippen molar-refractivity contribution in [2.75, 3.05) is 0 Å². The zero-order valence-electron chi connectivity index (χ0n) is 13.4. The number of halogens is 1. The fourth-order valence-electron chi connectivity index (χ4n) is 2.31. The van der Waals surface area contributed by atoms with Gasteiger partial charge < -0.3 is 4.74 Å². The Morgan fingerprint density at radius 2 is 1.88 bits per heavy atom. The summed E-state index contributed by atoms with van der Waals surface area (Å²) in [6, 6.07) is 16.8. The van der Waals surface area contributed by atoms with Crippen LogP contribution in [0.25, 0.3) is 16.9 Å². The number of nitrogens with zero attached hydrogens (tertiary/aromatic N) is 3. The molecule has 0 bridgehead atoms. The summed E-state index contributed by atoms with van der Waals surface area (Å²) < 4.78 is 19.8. The van der Waals surface area contributed by atoms with Crippen molar-refractivity contribution >= 4 is 5.97 Å². The molecule has 0 radical (unpaired) electrons. The number of esters is 1. The van der Waals surface area contributed by atoms with Crippen molar-refractivity contribution in [1.29, 1.82) is 5.26 Å². The Labute approximate surface area is 143 Å². The first kappa shape index (κ1) is 16.4. The molecule has 1 atom stereocenters. The second-order valence-electron chi connectivity index (χ2n) is 5.36. The van der Waals surface area contributed by atoms with Gasteiger partial charge in [-0.2, -0.15) is 10.4 Å². The van der Waals surface area contributed by atoms with E-state index < -0.39 is 12.1 Å². The van der Waals surface area contributed by atoms with Crippen LogP contribution >= 0.6 is 0 Å². The van der Waals surface area contributed by atoms with Crippen LogP contribution < -0.4 is 0 Å². The van der Waals surface area contributed by atoms with Crippen LogP contribution in [0.1, 0.15) is 17.3 Å². The summed E-state index contributed by atoms with van der Waals surface area (Å²) in [5.41, 5.74) is 1.91. The third-order valence-electron chi connectivity index (χ3n) is 3.54. The number of nitriles is 1. The molecule has 0 saturated carbocycles. The van der Waals surface area contributed by atoms with Crippen molar-refractivity contribution in [2.45, 2.75) is 13.0 Å². The van der Waals surface area contributed by atoms with Gasteiger partial charge in [-0.1, -0.05) is 18.2 Å². The standard InChI is InChI=1S/C19H14FN3O2/c1-13(11-21)25-19(24)17-12-23(16-5-3-2-4-6-16)22-18(17)14-7-9-15(20)10-8-14/h2-10,12-13H,1H3/t13-/m1/s1. The van der Waals surface area contributed by atoms with Gasteiger partial charge in [0.25, 0.3) is 0 Å². The fraction of sp³-hybridized carbons (Fsp3) is 0.105. The van der Waals surface area contributed by atoms with Crippen molar-refractivity contribution in [3.63, 3.8) is 0 Å². The van der Waals surface area contributed by atoms with Crippen molar-refractivity contribution < 1.29 is 13.9 Å². The molecule has 0 amide bonds. The molecule has 5 nitrogen and oxygen atoms in total. The molecule has 0 aliphatic heterocycles. The Balaban J connectivity index is 2.08. The molecule has 0 unspecified atom stereocenters. The predicted molar refractivity (Wildman–Crippen MR) is 89.4 cm³/mol. The predicted octanol–water partition coefficient (Wildman–Crippen LogP) is 3.75. The molecule has 0 aliphatic carbocycles. The zero-order chi connectivity index (χ0) is 17.8. The third-order valence-corrected chi connectivity index (χ3v) is 3.54. The third kappa shape index (κ3) is 3.56. The fourth-order valence-corrected chi connectivity index (χ4v) is 2.31. The summed E-state index contributed by atoms with van der Waals surface area (Å²) >= 11 is 0. The van der Waals surface area contributed by atoms with E-state index in [4.69, 9.17) is 10.00 Å². The van der Waals surface area contributed by atoms with Gasteiger partial charge in [0, 0.05) is 11.8 Å². The lowest BCUT2D eigenvalue weighted by molar-refractivity contribution is 0.0436. The molecular formula is C19H14FN3O2. The Bertz CT molecular complexity index is 928. The van der Waals surface area contributed by atoms with E-state index in [1.807, 2.05) is 36.4 Å². The molecule has 3 rings (SSSR count). The van der Waals surface area contributed by atoms with Gasteiger partial charge in [-0.3, -0.25) is 0 Å². The molecule has 0 fully saturated rings. The van der Waals surface area contributed by atoms with E-state index in [-0.39, 0.29) is 11.4 Å². The number of carbonyl (C=O) groups is 1. The summed E-state index contributed by atoms with van der Waals surface area (Å²) in [6.07, 6.45) is 0.661. The maximum absolute atomic E-state index is 13.2. The number of aromatic nitrogens is 2. The lowest BCUT2D eigenvalue weighted by atomic mass is 10.1. The van der Waals surface area contributed by atoms with E-state index in [2.05, 4.69) is 5.10 Å². The number of ether oxygens (including phenoxy) is 1. The molecule has 1 aromatic heterocycles. The highest BCUT2D eigenvalue weighted by Gasteiger charge is 2.21. The van der Waals surface area contributed by atoms with Gasteiger partial charge in [-0.25, -0.2) is 13.9 Å². The van der Waals surface area contributed by atoms with Gasteiger partial charge in [0.05, 0.1) is 5.69 Å². The number of carbonyl (C=O) groups excluding carboxylic acids is 1. The highest BCUT2D eigenvalue weighted by atomic mass is 19.1. The van der Waals surface area contributed by atoms with Gasteiger partial charge in [0.1, 0.15) is 23.1 Å². The van der Waals surface area contributed by atoms with Gasteiger partial charge in [-0.15, -0.1) is 0 Å². The number of rotatable bonds is 4. The minimum absolute atomic E-state index is 0.206. The van der Waals surface area contributed by atoms with E-state index >= 15 is 0 Å². The van der Waals surface area contributed by atoms with Crippen molar-refractivity contribution in [2.24, 2.45) is 0 Å². The average molecular weight is 335 g/mol. The van der Waals surface area contributed by atoms with Gasteiger partial charge in [0.15, 0.2) is 6.10 Å². The van der Waals surface area contributed by atoms with Crippen LogP contribution in [0, 0.1) is 17.1 Å². The van der Waals surface area contributed by atoms with Crippen LogP contribution in [-0.2, 0) is 4.74 Å². The Hall–Kier alpha value is -3.46. The maximum Gasteiger partial charge on any atom is 0.343 e. The smallest absolute Gasteiger partial charge is 0.343 e. The summed E-state index contributed by atoms with van der Waals surface area (Å²) in [4.78, 5) is 12.4. The number of hydrogen-bond donors (Lipinski definition) is 0.